The number of hydrogen-bond acceptors (Lipinski definition) is 14. The number of nitrogens with zero attached hydrogens (tertiary/aromatic N) is 8. The van der Waals surface area contributed by atoms with Gasteiger partial charge in [0.25, 0.3) is 66.7 Å². The Morgan fingerprint density at radius 3 is 0.526 bits per heavy atom. The van der Waals surface area contributed by atoms with Gasteiger partial charge in [0.1, 0.15) is 12.1 Å². The SMILES string of the molecule is Cc1ccc(Cn2c(=O)c3c(C#Cc4ccc(C(F)(F)F)cc4)c4c(=O)n(Cc5ccc(C(F)(F)F)cc5)c(=O)c4c(C#Cc4ccc(C(F)(F)F)cc4)c3c2=O)cc1.Cc1ccc(Cn2c(=O)c3c(C#N)c4c(=O)n(Cc5ccc(C(F)(F)F)cc5)c(=O)c4c(C#N)c3c2=O)cc1.Cc1ccc(Cn2c(=O)c3c(F)c4c(=O)n(Cc5ccc(C(F)(F)F)cc5)c(=O)c4c(F)c3c2=O)cc1. The lowest BCUT2D eigenvalue weighted by molar-refractivity contribution is -0.138. The van der Waals surface area contributed by atoms with E-state index in [1.165, 1.54) is 0 Å². The van der Waals surface area contributed by atoms with Crippen molar-refractivity contribution in [1.29, 1.82) is 10.5 Å². The average molecular weight is 1860 g/mol. The number of aryl methyl sites for hydroxylation is 3. The molecule has 676 valence electrons. The van der Waals surface area contributed by atoms with Gasteiger partial charge in [-0.3, -0.25) is 84.9 Å². The third-order valence-corrected chi connectivity index (χ3v) is 22.4. The molecular formula is C98H53F17N8O12. The molecular weight excluding hydrogens is 1800 g/mol. The van der Waals surface area contributed by atoms with Crippen molar-refractivity contribution >= 4 is 64.6 Å². The fourth-order valence-electron chi connectivity index (χ4n) is 15.5. The van der Waals surface area contributed by atoms with Crippen LogP contribution in [0.3, 0.4) is 0 Å². The zero-order valence-electron chi connectivity index (χ0n) is 69.1. The standard InChI is InChI=1S/C44H23F9N2O4.C28H15F3N4O4.C26H15F5N2O4/c1-24-2-4-27(5-3-24)22-54-38(56)34-32(20-12-25-6-14-29(15-7-25)42(45,46)47)36-37(41(59)55(40(36)58)23-28-10-18-31(19-11-28)44(51,52)53)33(35(34)39(54)57)21-13-26-8-16-30(17-9-26)43(48,49)50;1-14-2-4-15(5-3-14)12-34-24(36)20-18(10-32)22-23(19(11-33)21(20)25(34)37)27(39)35(26(22)38)13-16-6-8-17(9-7-16)28(29,30)31;1-12-2-4-13(5-3-12)10-32-22(34)16-17(23(32)35)21(28)19-18(20(16)27)24(36)33(25(19)37)11-14-6-8-15(9-7-14)26(29,30)31/h2-11,14-19H,22-23H2,1H3;2-9H,12-13H2,1H3;2-9H,10-11H2,1H3. The van der Waals surface area contributed by atoms with Crippen LogP contribution >= 0.6 is 0 Å². The number of hydrogen-bond donors (Lipinski definition) is 0. The number of aromatic nitrogens is 6. The Morgan fingerprint density at radius 1 is 0.215 bits per heavy atom. The summed E-state index contributed by atoms with van der Waals surface area (Å²) in [6.07, 6.45) is -23.2. The molecule has 0 amide bonds. The van der Waals surface area contributed by atoms with Crippen LogP contribution in [0.15, 0.2) is 252 Å². The molecule has 20 nitrogen and oxygen atoms in total. The lowest BCUT2D eigenvalue weighted by Crippen LogP contribution is -2.27. The number of nitriles is 2. The molecule has 17 rings (SSSR count). The third-order valence-electron chi connectivity index (χ3n) is 22.4. The summed E-state index contributed by atoms with van der Waals surface area (Å²) < 4.78 is 232. The van der Waals surface area contributed by atoms with Crippen molar-refractivity contribution < 1.29 is 74.6 Å². The Labute approximate surface area is 741 Å². The van der Waals surface area contributed by atoms with E-state index in [0.717, 1.165) is 147 Å². The lowest BCUT2D eigenvalue weighted by atomic mass is 9.96. The monoisotopic (exact) mass is 1860 g/mol. The van der Waals surface area contributed by atoms with Gasteiger partial charge in [0.15, 0.2) is 11.6 Å². The second-order valence-electron chi connectivity index (χ2n) is 31.2. The van der Waals surface area contributed by atoms with Gasteiger partial charge in [-0.05, 0) is 139 Å². The van der Waals surface area contributed by atoms with Crippen LogP contribution in [-0.4, -0.2) is 27.4 Å². The molecule has 0 aliphatic rings. The maximum atomic E-state index is 15.5. The van der Waals surface area contributed by atoms with Crippen molar-refractivity contribution in [3.05, 3.63) is 441 Å². The van der Waals surface area contributed by atoms with Crippen molar-refractivity contribution in [2.75, 3.05) is 0 Å². The van der Waals surface area contributed by atoms with E-state index in [0.29, 0.717) is 35.0 Å². The van der Waals surface area contributed by atoms with Gasteiger partial charge in [-0.1, -0.05) is 150 Å². The topological polar surface area (TPSA) is 282 Å². The molecule has 0 unspecified atom stereocenters. The van der Waals surface area contributed by atoms with Crippen LogP contribution in [0, 0.1) is 78.7 Å². The summed E-state index contributed by atoms with van der Waals surface area (Å²) in [5.41, 5.74) is -14.8. The van der Waals surface area contributed by atoms with Crippen molar-refractivity contribution in [2.45, 2.75) is 90.9 Å². The molecule has 135 heavy (non-hydrogen) atoms. The maximum Gasteiger partial charge on any atom is 0.416 e. The second-order valence-corrected chi connectivity index (χ2v) is 31.2. The zero-order valence-corrected chi connectivity index (χ0v) is 69.1. The number of rotatable bonds is 12. The van der Waals surface area contributed by atoms with Gasteiger partial charge in [0.2, 0.25) is 0 Å². The first kappa shape index (κ1) is 92.9. The molecule has 0 aliphatic heterocycles. The first-order valence-corrected chi connectivity index (χ1v) is 39.6. The summed E-state index contributed by atoms with van der Waals surface area (Å²) in [7, 11) is 0. The van der Waals surface area contributed by atoms with E-state index in [4.69, 9.17) is 0 Å². The Morgan fingerprint density at radius 2 is 0.363 bits per heavy atom. The molecule has 11 aromatic carbocycles. The van der Waals surface area contributed by atoms with Gasteiger partial charge < -0.3 is 0 Å². The van der Waals surface area contributed by atoms with Crippen molar-refractivity contribution in [3.63, 3.8) is 0 Å². The van der Waals surface area contributed by atoms with Crippen LogP contribution in [0.2, 0.25) is 0 Å². The van der Waals surface area contributed by atoms with Crippen LogP contribution in [0.25, 0.3) is 64.6 Å². The molecule has 0 saturated heterocycles. The van der Waals surface area contributed by atoms with Crippen LogP contribution < -0.4 is 66.7 Å². The van der Waals surface area contributed by atoms with Crippen LogP contribution in [-0.2, 0) is 70.2 Å². The predicted octanol–water partition coefficient (Wildman–Crippen LogP) is 14.9. The van der Waals surface area contributed by atoms with E-state index in [9.17, 15) is 134 Å². The predicted molar refractivity (Wildman–Crippen MR) is 461 cm³/mol. The molecule has 0 atom stereocenters. The molecule has 6 aromatic heterocycles. The summed E-state index contributed by atoms with van der Waals surface area (Å²) in [4.78, 5) is 162. The quantitative estimate of drug-likeness (QED) is 0.0812. The Hall–Kier alpha value is -16.8. The summed E-state index contributed by atoms with van der Waals surface area (Å²) >= 11 is 0. The van der Waals surface area contributed by atoms with Crippen LogP contribution in [0.4, 0.5) is 74.6 Å². The normalized spacial score (nSPS) is 12.0. The molecule has 0 radical (unpaired) electrons. The van der Waals surface area contributed by atoms with E-state index in [-0.39, 0.29) is 47.5 Å². The van der Waals surface area contributed by atoms with Crippen LogP contribution in [0.5, 0.6) is 0 Å². The molecule has 0 fully saturated rings. The lowest BCUT2D eigenvalue weighted by Gasteiger charge is -2.07. The highest BCUT2D eigenvalue weighted by molar-refractivity contribution is 6.11. The zero-order chi connectivity index (χ0) is 97.6. The minimum absolute atomic E-state index is 0.0154. The van der Waals surface area contributed by atoms with E-state index < -0.39 is 244 Å². The van der Waals surface area contributed by atoms with Crippen molar-refractivity contribution in [1.82, 2.24) is 27.4 Å². The molecule has 0 bridgehead atoms. The molecule has 37 heteroatoms. The molecule has 0 spiro atoms. The van der Waals surface area contributed by atoms with Gasteiger partial charge in [-0.25, -0.2) is 8.78 Å². The van der Waals surface area contributed by atoms with E-state index in [1.54, 1.807) is 84.9 Å². The number of alkyl halides is 15. The van der Waals surface area contributed by atoms with Gasteiger partial charge >= 0.3 is 30.9 Å². The highest BCUT2D eigenvalue weighted by Gasteiger charge is 2.38. The fraction of sp³-hybridized carbons (Fsp3) is 0.143. The molecule has 17 aromatic rings. The maximum absolute atomic E-state index is 15.5. The second kappa shape index (κ2) is 34.8. The largest absolute Gasteiger partial charge is 0.416 e. The average Bonchev–Trinajstić information content (AvgIpc) is 1.54. The summed E-state index contributed by atoms with van der Waals surface area (Å²) in [6.45, 7) is 3.15. The van der Waals surface area contributed by atoms with E-state index in [1.807, 2.05) is 20.8 Å². The van der Waals surface area contributed by atoms with Crippen molar-refractivity contribution in [3.8, 4) is 35.8 Å². The fourth-order valence-corrected chi connectivity index (χ4v) is 15.5. The van der Waals surface area contributed by atoms with Gasteiger partial charge in [0.05, 0.1) is 154 Å². The van der Waals surface area contributed by atoms with Gasteiger partial charge in [-0.15, -0.1) is 0 Å². The first-order valence-electron chi connectivity index (χ1n) is 39.6. The Balaban J connectivity index is 0.000000160. The van der Waals surface area contributed by atoms with E-state index in [2.05, 4.69) is 23.7 Å². The Kier molecular flexibility index (Phi) is 23.9. The minimum atomic E-state index is -4.69. The van der Waals surface area contributed by atoms with E-state index >= 15 is 8.78 Å². The number of fused-ring (bicyclic) bond motifs is 6. The molecule has 6 heterocycles. The summed E-state index contributed by atoms with van der Waals surface area (Å²) in [5, 5.41) is 12.2. The Bertz CT molecular complexity index is 8390. The smallest absolute Gasteiger partial charge is 0.270 e. The minimum Gasteiger partial charge on any atom is -0.270 e. The van der Waals surface area contributed by atoms with Crippen LogP contribution in [0.1, 0.15) is 111 Å². The first-order chi connectivity index (χ1) is 63.6. The molecule has 0 saturated carbocycles. The molecule has 0 N–H and O–H groups in total. The van der Waals surface area contributed by atoms with Crippen molar-refractivity contribution in [2.24, 2.45) is 0 Å². The molecule has 0 aliphatic carbocycles. The summed E-state index contributed by atoms with van der Waals surface area (Å²) in [5.74, 6) is 7.48. The number of halogens is 17. The highest BCUT2D eigenvalue weighted by Crippen LogP contribution is 2.37. The van der Waals surface area contributed by atoms with Gasteiger partial charge in [-0.2, -0.15) is 76.4 Å². The summed E-state index contributed by atoms with van der Waals surface area (Å²) in [6, 6.07) is 41.9. The van der Waals surface area contributed by atoms with Gasteiger partial charge in [0, 0.05) is 11.1 Å². The third kappa shape index (κ3) is 17.4. The number of benzene rings is 11. The highest BCUT2D eigenvalue weighted by atomic mass is 19.4.